The van der Waals surface area contributed by atoms with Crippen LogP contribution < -0.4 is 10.1 Å². The number of ether oxygens (including phenoxy) is 1. The average Bonchev–Trinajstić information content (AvgIpc) is 2.84. The molecule has 104 valence electrons. The second-order valence-corrected chi connectivity index (χ2v) is 4.73. The summed E-state index contributed by atoms with van der Waals surface area (Å²) < 4.78 is 6.98. The van der Waals surface area contributed by atoms with E-state index in [1.54, 1.807) is 7.11 Å². The van der Waals surface area contributed by atoms with E-state index in [0.717, 1.165) is 30.8 Å². The lowest BCUT2D eigenvalue weighted by atomic mass is 10.1. The van der Waals surface area contributed by atoms with Crippen LogP contribution in [0.3, 0.4) is 0 Å². The molecule has 0 bridgehead atoms. The van der Waals surface area contributed by atoms with E-state index in [4.69, 9.17) is 10.00 Å². The fourth-order valence-electron chi connectivity index (χ4n) is 2.10. The van der Waals surface area contributed by atoms with Crippen molar-refractivity contribution in [1.29, 1.82) is 5.26 Å². The number of aromatic nitrogens is 1. The van der Waals surface area contributed by atoms with Crippen LogP contribution in [-0.4, -0.2) is 18.2 Å². The molecule has 1 aromatic heterocycles. The van der Waals surface area contributed by atoms with Gasteiger partial charge >= 0.3 is 0 Å². The zero-order valence-corrected chi connectivity index (χ0v) is 11.9. The lowest BCUT2D eigenvalue weighted by Crippen LogP contribution is -2.16. The fraction of sp³-hybridized carbons (Fsp3) is 0.312. The molecule has 2 aromatic rings. The van der Waals surface area contributed by atoms with Crippen molar-refractivity contribution < 1.29 is 4.74 Å². The molecule has 1 aromatic carbocycles. The number of methoxy groups -OCH3 is 1. The number of rotatable bonds is 6. The van der Waals surface area contributed by atoms with Gasteiger partial charge in [0, 0.05) is 19.8 Å². The molecule has 0 saturated carbocycles. The van der Waals surface area contributed by atoms with Crippen molar-refractivity contribution in [3.8, 4) is 11.8 Å². The van der Waals surface area contributed by atoms with Crippen molar-refractivity contribution in [2.45, 2.75) is 13.0 Å². The van der Waals surface area contributed by atoms with Crippen molar-refractivity contribution in [1.82, 2.24) is 9.88 Å². The van der Waals surface area contributed by atoms with Gasteiger partial charge in [-0.3, -0.25) is 0 Å². The van der Waals surface area contributed by atoms with Crippen molar-refractivity contribution >= 4 is 0 Å². The predicted molar refractivity (Wildman–Crippen MR) is 78.5 cm³/mol. The topological polar surface area (TPSA) is 50.0 Å². The Hall–Kier alpha value is -2.25. The Labute approximate surface area is 119 Å². The lowest BCUT2D eigenvalue weighted by molar-refractivity contribution is 0.414. The number of hydrogen-bond donors (Lipinski definition) is 1. The maximum atomic E-state index is 8.89. The van der Waals surface area contributed by atoms with Crippen molar-refractivity contribution in [3.63, 3.8) is 0 Å². The summed E-state index contributed by atoms with van der Waals surface area (Å²) in [5.74, 6) is 0.884. The van der Waals surface area contributed by atoms with Crippen LogP contribution in [0.5, 0.6) is 5.75 Å². The van der Waals surface area contributed by atoms with Gasteiger partial charge in [-0.05, 0) is 42.3 Å². The lowest BCUT2D eigenvalue weighted by Gasteiger charge is -2.05. The summed E-state index contributed by atoms with van der Waals surface area (Å²) in [6.07, 6.45) is 2.96. The maximum Gasteiger partial charge on any atom is 0.120 e. The number of nitrogens with one attached hydrogen (secondary N) is 1. The molecule has 0 atom stereocenters. The molecule has 0 aliphatic rings. The molecule has 1 N–H and O–H groups in total. The van der Waals surface area contributed by atoms with Crippen molar-refractivity contribution in [2.75, 3.05) is 13.7 Å². The summed E-state index contributed by atoms with van der Waals surface area (Å²) in [6.45, 7) is 1.69. The largest absolute Gasteiger partial charge is 0.497 e. The Morgan fingerprint density at radius 2 is 2.00 bits per heavy atom. The number of benzene rings is 1. The highest BCUT2D eigenvalue weighted by Gasteiger charge is 2.01. The van der Waals surface area contributed by atoms with Gasteiger partial charge in [0.05, 0.1) is 7.11 Å². The fourth-order valence-corrected chi connectivity index (χ4v) is 2.10. The Balaban J connectivity index is 1.77. The van der Waals surface area contributed by atoms with E-state index in [-0.39, 0.29) is 0 Å². The van der Waals surface area contributed by atoms with E-state index in [1.165, 1.54) is 5.56 Å². The van der Waals surface area contributed by atoms with Crippen LogP contribution in [0.25, 0.3) is 0 Å². The second-order valence-electron chi connectivity index (χ2n) is 4.73. The third-order valence-corrected chi connectivity index (χ3v) is 3.25. The first-order valence-electron chi connectivity index (χ1n) is 6.62. The van der Waals surface area contributed by atoms with E-state index < -0.39 is 0 Å². The summed E-state index contributed by atoms with van der Waals surface area (Å²) in [7, 11) is 3.56. The van der Waals surface area contributed by atoms with Gasteiger partial charge in [-0.15, -0.1) is 0 Å². The molecule has 1 heterocycles. The third-order valence-electron chi connectivity index (χ3n) is 3.25. The van der Waals surface area contributed by atoms with E-state index in [0.29, 0.717) is 5.69 Å². The molecule has 0 fully saturated rings. The summed E-state index contributed by atoms with van der Waals surface area (Å²) in [5, 5.41) is 12.3. The molecule has 0 radical (unpaired) electrons. The molecule has 0 unspecified atom stereocenters. The molecule has 4 heteroatoms. The standard InChI is InChI=1S/C16H19N3O/c1-19-12-14(9-15(19)10-17)11-18-8-7-13-3-5-16(20-2)6-4-13/h3-6,9,12,18H,7-8,11H2,1-2H3. The summed E-state index contributed by atoms with van der Waals surface area (Å²) >= 11 is 0. The minimum atomic E-state index is 0.692. The molecule has 0 saturated heterocycles. The normalized spacial score (nSPS) is 10.2. The molecule has 0 amide bonds. The van der Waals surface area contributed by atoms with Crippen molar-refractivity contribution in [2.24, 2.45) is 7.05 Å². The quantitative estimate of drug-likeness (QED) is 0.818. The van der Waals surface area contributed by atoms with Gasteiger partial charge in [0.25, 0.3) is 0 Å². The maximum absolute atomic E-state index is 8.89. The number of nitrogens with zero attached hydrogens (tertiary/aromatic N) is 2. The van der Waals surface area contributed by atoms with E-state index in [9.17, 15) is 0 Å². The highest BCUT2D eigenvalue weighted by molar-refractivity contribution is 5.28. The van der Waals surface area contributed by atoms with Crippen LogP contribution in [0.1, 0.15) is 16.8 Å². The first-order chi connectivity index (χ1) is 9.72. The molecule has 0 spiro atoms. The minimum Gasteiger partial charge on any atom is -0.497 e. The molecule has 0 aliphatic heterocycles. The van der Waals surface area contributed by atoms with Crippen LogP contribution >= 0.6 is 0 Å². The van der Waals surface area contributed by atoms with Gasteiger partial charge in [-0.2, -0.15) is 5.26 Å². The van der Waals surface area contributed by atoms with Crippen LogP contribution in [-0.2, 0) is 20.0 Å². The molecular formula is C16H19N3O. The van der Waals surface area contributed by atoms with E-state index in [1.807, 2.05) is 36.0 Å². The first kappa shape index (κ1) is 14.2. The smallest absolute Gasteiger partial charge is 0.120 e. The number of nitriles is 1. The zero-order chi connectivity index (χ0) is 14.4. The van der Waals surface area contributed by atoms with Crippen LogP contribution in [0.4, 0.5) is 0 Å². The van der Waals surface area contributed by atoms with Crippen LogP contribution in [0.2, 0.25) is 0 Å². The van der Waals surface area contributed by atoms with Crippen LogP contribution in [0.15, 0.2) is 36.5 Å². The molecule has 2 rings (SSSR count). The number of hydrogen-bond acceptors (Lipinski definition) is 3. The van der Waals surface area contributed by atoms with Crippen molar-refractivity contribution in [3.05, 3.63) is 53.3 Å². The van der Waals surface area contributed by atoms with Gasteiger partial charge in [-0.1, -0.05) is 12.1 Å². The van der Waals surface area contributed by atoms with Gasteiger partial charge in [0.15, 0.2) is 0 Å². The van der Waals surface area contributed by atoms with Crippen LogP contribution in [0, 0.1) is 11.3 Å². The summed E-state index contributed by atoms with van der Waals surface area (Å²) in [5.41, 5.74) is 3.11. The Morgan fingerprint density at radius 1 is 1.25 bits per heavy atom. The zero-order valence-electron chi connectivity index (χ0n) is 11.9. The highest BCUT2D eigenvalue weighted by atomic mass is 16.5. The Morgan fingerprint density at radius 3 is 2.60 bits per heavy atom. The van der Waals surface area contributed by atoms with Gasteiger partial charge in [0.1, 0.15) is 17.5 Å². The molecule has 20 heavy (non-hydrogen) atoms. The first-order valence-corrected chi connectivity index (χ1v) is 6.62. The summed E-state index contributed by atoms with van der Waals surface area (Å²) in [4.78, 5) is 0. The molecular weight excluding hydrogens is 250 g/mol. The monoisotopic (exact) mass is 269 g/mol. The Kier molecular flexibility index (Phi) is 4.80. The summed E-state index contributed by atoms with van der Waals surface area (Å²) in [6, 6.07) is 12.2. The van der Waals surface area contributed by atoms with E-state index >= 15 is 0 Å². The highest BCUT2D eigenvalue weighted by Crippen LogP contribution is 2.11. The van der Waals surface area contributed by atoms with Gasteiger partial charge in [0.2, 0.25) is 0 Å². The third kappa shape index (κ3) is 3.62. The van der Waals surface area contributed by atoms with E-state index in [2.05, 4.69) is 23.5 Å². The molecule has 0 aliphatic carbocycles. The molecule has 4 nitrogen and oxygen atoms in total. The predicted octanol–water partition coefficient (Wildman–Crippen LogP) is 2.24. The Bertz CT molecular complexity index is 593. The van der Waals surface area contributed by atoms with Gasteiger partial charge < -0.3 is 14.6 Å². The minimum absolute atomic E-state index is 0.692. The SMILES string of the molecule is COc1ccc(CCNCc2cc(C#N)n(C)c2)cc1. The van der Waals surface area contributed by atoms with Gasteiger partial charge in [-0.25, -0.2) is 0 Å². The average molecular weight is 269 g/mol. The second kappa shape index (κ2) is 6.78. The number of aryl methyl sites for hydroxylation is 1.